The third-order valence-corrected chi connectivity index (χ3v) is 6.73. The smallest absolute Gasteiger partial charge is 0.0886 e. The molecule has 1 aromatic carbocycles. The van der Waals surface area contributed by atoms with E-state index in [4.69, 9.17) is 9.47 Å². The Morgan fingerprint density at radius 1 is 1.00 bits per heavy atom. The van der Waals surface area contributed by atoms with Crippen LogP contribution in [0.25, 0.3) is 0 Å². The minimum atomic E-state index is 0.163. The molecular weight excluding hydrogens is 284 g/mol. The highest BCUT2D eigenvalue weighted by molar-refractivity contribution is 5.13. The maximum Gasteiger partial charge on any atom is 0.0886 e. The zero-order chi connectivity index (χ0) is 15.9. The van der Waals surface area contributed by atoms with Crippen LogP contribution < -0.4 is 0 Å². The number of methoxy groups -OCH3 is 1. The van der Waals surface area contributed by atoms with Crippen LogP contribution >= 0.6 is 0 Å². The zero-order valence-electron chi connectivity index (χ0n) is 14.5. The Kier molecular flexibility index (Phi) is 4.23. The SMILES string of the molecule is CO[C@@H]([C@H](C)OCc1ccccc1)C12CC3CC(CC(C3)C1)C2. The van der Waals surface area contributed by atoms with Gasteiger partial charge in [0.1, 0.15) is 0 Å². The molecule has 4 bridgehead atoms. The lowest BCUT2D eigenvalue weighted by atomic mass is 9.47. The van der Waals surface area contributed by atoms with E-state index in [9.17, 15) is 0 Å². The summed E-state index contributed by atoms with van der Waals surface area (Å²) in [5, 5.41) is 0. The molecule has 0 radical (unpaired) electrons. The van der Waals surface area contributed by atoms with Crippen molar-refractivity contribution in [2.45, 2.75) is 64.3 Å². The topological polar surface area (TPSA) is 18.5 Å². The van der Waals surface area contributed by atoms with Crippen molar-refractivity contribution in [1.82, 2.24) is 0 Å². The summed E-state index contributed by atoms with van der Waals surface area (Å²) in [4.78, 5) is 0. The van der Waals surface area contributed by atoms with E-state index in [2.05, 4.69) is 37.3 Å². The molecule has 0 saturated heterocycles. The maximum atomic E-state index is 6.25. The zero-order valence-corrected chi connectivity index (χ0v) is 14.5. The molecule has 0 aromatic heterocycles. The molecule has 2 nitrogen and oxygen atoms in total. The highest BCUT2D eigenvalue weighted by Gasteiger charge is 2.55. The maximum absolute atomic E-state index is 6.25. The largest absolute Gasteiger partial charge is 0.378 e. The van der Waals surface area contributed by atoms with Crippen molar-refractivity contribution in [3.8, 4) is 0 Å². The molecule has 1 aromatic rings. The Bertz CT molecular complexity index is 489. The van der Waals surface area contributed by atoms with E-state index in [-0.39, 0.29) is 12.2 Å². The normalized spacial score (nSPS) is 37.7. The summed E-state index contributed by atoms with van der Waals surface area (Å²) < 4.78 is 12.3. The van der Waals surface area contributed by atoms with Gasteiger partial charge in [0.05, 0.1) is 18.8 Å². The van der Waals surface area contributed by atoms with Crippen molar-refractivity contribution in [1.29, 1.82) is 0 Å². The second-order valence-electron chi connectivity index (χ2n) is 8.44. The molecule has 0 aliphatic heterocycles. The van der Waals surface area contributed by atoms with E-state index in [1.54, 1.807) is 0 Å². The van der Waals surface area contributed by atoms with Gasteiger partial charge in [-0.15, -0.1) is 0 Å². The van der Waals surface area contributed by atoms with Crippen LogP contribution in [0, 0.1) is 23.2 Å². The van der Waals surface area contributed by atoms with Gasteiger partial charge in [-0.25, -0.2) is 0 Å². The van der Waals surface area contributed by atoms with Gasteiger partial charge in [-0.3, -0.25) is 0 Å². The lowest BCUT2D eigenvalue weighted by Gasteiger charge is -2.59. The monoisotopic (exact) mass is 314 g/mol. The Balaban J connectivity index is 1.45. The van der Waals surface area contributed by atoms with Crippen molar-refractivity contribution >= 4 is 0 Å². The summed E-state index contributed by atoms with van der Waals surface area (Å²) in [5.41, 5.74) is 1.64. The Morgan fingerprint density at radius 2 is 1.57 bits per heavy atom. The van der Waals surface area contributed by atoms with Crippen LogP contribution in [0.1, 0.15) is 51.0 Å². The quantitative estimate of drug-likeness (QED) is 0.749. The number of hydrogen-bond donors (Lipinski definition) is 0. The molecule has 0 heterocycles. The van der Waals surface area contributed by atoms with E-state index < -0.39 is 0 Å². The van der Waals surface area contributed by atoms with Crippen LogP contribution in [0.3, 0.4) is 0 Å². The predicted octanol–water partition coefficient (Wildman–Crippen LogP) is 4.82. The highest BCUT2D eigenvalue weighted by Crippen LogP contribution is 2.62. The summed E-state index contributed by atoms with van der Waals surface area (Å²) in [6, 6.07) is 10.5. The van der Waals surface area contributed by atoms with E-state index >= 15 is 0 Å². The lowest BCUT2D eigenvalue weighted by Crippen LogP contribution is -2.55. The minimum Gasteiger partial charge on any atom is -0.378 e. The molecule has 4 saturated carbocycles. The van der Waals surface area contributed by atoms with Crippen LogP contribution in [0.15, 0.2) is 30.3 Å². The first-order chi connectivity index (χ1) is 11.2. The van der Waals surface area contributed by atoms with Crippen molar-refractivity contribution in [2.75, 3.05) is 7.11 Å². The second kappa shape index (κ2) is 6.22. The fourth-order valence-corrected chi connectivity index (χ4v) is 6.35. The van der Waals surface area contributed by atoms with Gasteiger partial charge in [0, 0.05) is 7.11 Å². The van der Waals surface area contributed by atoms with Crippen molar-refractivity contribution < 1.29 is 9.47 Å². The predicted molar refractivity (Wildman–Crippen MR) is 92.1 cm³/mol. The number of hydrogen-bond acceptors (Lipinski definition) is 2. The molecule has 5 rings (SSSR count). The van der Waals surface area contributed by atoms with Gasteiger partial charge in [0.2, 0.25) is 0 Å². The highest BCUT2D eigenvalue weighted by atomic mass is 16.5. The summed E-state index contributed by atoms with van der Waals surface area (Å²) in [6.07, 6.45) is 8.97. The van der Waals surface area contributed by atoms with Gasteiger partial charge >= 0.3 is 0 Å². The Morgan fingerprint density at radius 3 is 2.09 bits per heavy atom. The molecule has 23 heavy (non-hydrogen) atoms. The summed E-state index contributed by atoms with van der Waals surface area (Å²) in [6.45, 7) is 2.91. The molecule has 4 aliphatic carbocycles. The average Bonchev–Trinajstić information content (AvgIpc) is 2.53. The molecule has 0 spiro atoms. The lowest BCUT2D eigenvalue weighted by molar-refractivity contribution is -0.175. The van der Waals surface area contributed by atoms with Crippen molar-refractivity contribution in [3.63, 3.8) is 0 Å². The second-order valence-corrected chi connectivity index (χ2v) is 8.44. The average molecular weight is 314 g/mol. The van der Waals surface area contributed by atoms with Gasteiger partial charge in [0.15, 0.2) is 0 Å². The molecule has 4 aliphatic rings. The summed E-state index contributed by atoms with van der Waals surface area (Å²) in [7, 11) is 1.89. The first-order valence-electron chi connectivity index (χ1n) is 9.37. The van der Waals surface area contributed by atoms with Gasteiger partial charge in [-0.1, -0.05) is 30.3 Å². The van der Waals surface area contributed by atoms with E-state index in [0.717, 1.165) is 17.8 Å². The van der Waals surface area contributed by atoms with Crippen LogP contribution in [0.5, 0.6) is 0 Å². The van der Waals surface area contributed by atoms with E-state index in [1.807, 2.05) is 7.11 Å². The first kappa shape index (κ1) is 15.7. The summed E-state index contributed by atoms with van der Waals surface area (Å²) in [5.74, 6) is 2.88. The van der Waals surface area contributed by atoms with Crippen molar-refractivity contribution in [3.05, 3.63) is 35.9 Å². The van der Waals surface area contributed by atoms with Crippen LogP contribution in [0.2, 0.25) is 0 Å². The molecular formula is C21H30O2. The molecule has 2 heteroatoms. The minimum absolute atomic E-state index is 0.163. The van der Waals surface area contributed by atoms with Crippen LogP contribution in [0.4, 0.5) is 0 Å². The van der Waals surface area contributed by atoms with Gasteiger partial charge in [-0.05, 0) is 74.2 Å². The molecule has 0 unspecified atom stereocenters. The number of ether oxygens (including phenoxy) is 2. The van der Waals surface area contributed by atoms with E-state index in [0.29, 0.717) is 12.0 Å². The van der Waals surface area contributed by atoms with Crippen LogP contribution in [-0.4, -0.2) is 19.3 Å². The molecule has 126 valence electrons. The standard InChI is InChI=1S/C21H30O2/c1-15(23-14-16-6-4-3-5-7-16)20(22-2)21-11-17-8-18(12-21)10-19(9-17)13-21/h3-7,15,17-20H,8-14H2,1-2H3/t15-,17?,18?,19?,20-,21?/m0/s1. The number of benzene rings is 1. The number of rotatable bonds is 6. The van der Waals surface area contributed by atoms with Gasteiger partial charge < -0.3 is 9.47 Å². The molecule has 0 amide bonds. The molecule has 2 atom stereocenters. The third kappa shape index (κ3) is 2.96. The van der Waals surface area contributed by atoms with Crippen molar-refractivity contribution in [2.24, 2.45) is 23.2 Å². The van der Waals surface area contributed by atoms with Gasteiger partial charge in [-0.2, -0.15) is 0 Å². The van der Waals surface area contributed by atoms with E-state index in [1.165, 1.54) is 44.1 Å². The Hall–Kier alpha value is -0.860. The third-order valence-electron chi connectivity index (χ3n) is 6.73. The first-order valence-corrected chi connectivity index (χ1v) is 9.37. The molecule has 0 N–H and O–H groups in total. The fourth-order valence-electron chi connectivity index (χ4n) is 6.35. The fraction of sp³-hybridized carbons (Fsp3) is 0.714. The van der Waals surface area contributed by atoms with Gasteiger partial charge in [0.25, 0.3) is 0 Å². The van der Waals surface area contributed by atoms with Crippen LogP contribution in [-0.2, 0) is 16.1 Å². The summed E-state index contributed by atoms with van der Waals surface area (Å²) >= 11 is 0. The molecule has 4 fully saturated rings. The Labute approximate surface area is 140 Å².